The van der Waals surface area contributed by atoms with E-state index in [1.807, 2.05) is 23.1 Å². The molecule has 0 spiro atoms. The molecule has 0 atom stereocenters. The van der Waals surface area contributed by atoms with Crippen molar-refractivity contribution in [1.29, 1.82) is 0 Å². The van der Waals surface area contributed by atoms with Crippen molar-refractivity contribution in [2.45, 2.75) is 13.0 Å². The first kappa shape index (κ1) is 13.3. The van der Waals surface area contributed by atoms with Gasteiger partial charge in [0.25, 0.3) is 5.91 Å². The van der Waals surface area contributed by atoms with Crippen molar-refractivity contribution < 1.29 is 4.79 Å². The van der Waals surface area contributed by atoms with E-state index in [9.17, 15) is 4.79 Å². The van der Waals surface area contributed by atoms with E-state index in [1.165, 1.54) is 11.3 Å². The van der Waals surface area contributed by atoms with Crippen LogP contribution >= 0.6 is 11.6 Å². The van der Waals surface area contributed by atoms with Crippen LogP contribution in [-0.4, -0.2) is 27.3 Å². The fraction of sp³-hybridized carbons (Fsp3) is 0.176. The smallest absolute Gasteiger partial charge is 0.255 e. The molecule has 4 rings (SSSR count). The van der Waals surface area contributed by atoms with Crippen molar-refractivity contribution in [3.8, 4) is 0 Å². The number of carbonyl (C=O) groups is 1. The summed E-state index contributed by atoms with van der Waals surface area (Å²) in [4.78, 5) is 21.9. The molecule has 1 N–H and O–H groups in total. The Hall–Kier alpha value is -2.33. The number of pyridine rings is 1. The summed E-state index contributed by atoms with van der Waals surface area (Å²) in [6.45, 7) is 1.31. The van der Waals surface area contributed by atoms with Gasteiger partial charge in [0.1, 0.15) is 0 Å². The zero-order chi connectivity index (χ0) is 15.1. The zero-order valence-electron chi connectivity index (χ0n) is 11.8. The van der Waals surface area contributed by atoms with Gasteiger partial charge < -0.3 is 9.88 Å². The highest BCUT2D eigenvalue weighted by Gasteiger charge is 2.24. The SMILES string of the molecule is O=C(c1cccnc1)N1CCc2[nH]c3ccc(Cl)cc3c2C1. The first-order chi connectivity index (χ1) is 10.7. The Labute approximate surface area is 132 Å². The van der Waals surface area contributed by atoms with Crippen molar-refractivity contribution in [1.82, 2.24) is 14.9 Å². The molecule has 22 heavy (non-hydrogen) atoms. The third-order valence-electron chi connectivity index (χ3n) is 4.13. The number of hydrogen-bond donors (Lipinski definition) is 1. The van der Waals surface area contributed by atoms with Crippen LogP contribution in [0, 0.1) is 0 Å². The topological polar surface area (TPSA) is 49.0 Å². The summed E-state index contributed by atoms with van der Waals surface area (Å²) in [6.07, 6.45) is 4.12. The maximum Gasteiger partial charge on any atom is 0.255 e. The third kappa shape index (κ3) is 2.16. The summed E-state index contributed by atoms with van der Waals surface area (Å²) < 4.78 is 0. The summed E-state index contributed by atoms with van der Waals surface area (Å²) >= 11 is 6.11. The lowest BCUT2D eigenvalue weighted by Crippen LogP contribution is -2.35. The van der Waals surface area contributed by atoms with Gasteiger partial charge in [-0.25, -0.2) is 0 Å². The Bertz CT molecular complexity index is 857. The number of amides is 1. The number of nitrogens with one attached hydrogen (secondary N) is 1. The number of H-pyrrole nitrogens is 1. The lowest BCUT2D eigenvalue weighted by molar-refractivity contribution is 0.0734. The van der Waals surface area contributed by atoms with E-state index in [4.69, 9.17) is 11.6 Å². The molecule has 3 heterocycles. The third-order valence-corrected chi connectivity index (χ3v) is 4.37. The van der Waals surface area contributed by atoms with Crippen LogP contribution in [0.25, 0.3) is 10.9 Å². The Balaban J connectivity index is 1.70. The molecule has 0 unspecified atom stereocenters. The molecule has 0 saturated heterocycles. The minimum atomic E-state index is 0.0233. The molecule has 4 nitrogen and oxygen atoms in total. The molecule has 3 aromatic rings. The van der Waals surface area contributed by atoms with Gasteiger partial charge in [0.2, 0.25) is 0 Å². The van der Waals surface area contributed by atoms with Crippen LogP contribution in [0.1, 0.15) is 21.6 Å². The Morgan fingerprint density at radius 3 is 3.05 bits per heavy atom. The minimum Gasteiger partial charge on any atom is -0.358 e. The van der Waals surface area contributed by atoms with E-state index in [0.29, 0.717) is 23.7 Å². The average molecular weight is 312 g/mol. The number of nitrogens with zero attached hydrogens (tertiary/aromatic N) is 2. The van der Waals surface area contributed by atoms with Crippen molar-refractivity contribution in [2.75, 3.05) is 6.54 Å². The number of aromatic nitrogens is 2. The van der Waals surface area contributed by atoms with E-state index in [0.717, 1.165) is 17.3 Å². The van der Waals surface area contributed by atoms with Crippen LogP contribution in [-0.2, 0) is 13.0 Å². The normalized spacial score (nSPS) is 14.1. The largest absolute Gasteiger partial charge is 0.358 e. The van der Waals surface area contributed by atoms with Crippen LogP contribution < -0.4 is 0 Å². The molecule has 0 aliphatic carbocycles. The molecule has 1 aliphatic heterocycles. The molecule has 0 fully saturated rings. The fourth-order valence-electron chi connectivity index (χ4n) is 3.03. The average Bonchev–Trinajstić information content (AvgIpc) is 2.92. The highest BCUT2D eigenvalue weighted by molar-refractivity contribution is 6.31. The van der Waals surface area contributed by atoms with Crippen molar-refractivity contribution in [3.05, 3.63) is 64.6 Å². The quantitative estimate of drug-likeness (QED) is 0.748. The second-order valence-corrected chi connectivity index (χ2v) is 5.93. The van der Waals surface area contributed by atoms with Gasteiger partial charge in [-0.3, -0.25) is 9.78 Å². The van der Waals surface area contributed by atoms with Gasteiger partial charge in [-0.15, -0.1) is 0 Å². The van der Waals surface area contributed by atoms with Gasteiger partial charge in [-0.2, -0.15) is 0 Å². The summed E-state index contributed by atoms with van der Waals surface area (Å²) in [5, 5.41) is 1.82. The maximum atomic E-state index is 12.6. The van der Waals surface area contributed by atoms with Crippen LogP contribution in [0.3, 0.4) is 0 Å². The summed E-state index contributed by atoms with van der Waals surface area (Å²) in [5.41, 5.74) is 4.07. The number of carbonyl (C=O) groups excluding carboxylic acids is 1. The van der Waals surface area contributed by atoms with Crippen molar-refractivity contribution in [2.24, 2.45) is 0 Å². The summed E-state index contributed by atoms with van der Waals surface area (Å²) in [6, 6.07) is 9.42. The van der Waals surface area contributed by atoms with Gasteiger partial charge in [-0.1, -0.05) is 11.6 Å². The van der Waals surface area contributed by atoms with E-state index in [2.05, 4.69) is 9.97 Å². The first-order valence-corrected chi connectivity index (χ1v) is 7.58. The van der Waals surface area contributed by atoms with Gasteiger partial charge in [-0.05, 0) is 30.3 Å². The molecular weight excluding hydrogens is 298 g/mol. The molecular formula is C17H14ClN3O. The molecule has 110 valence electrons. The maximum absolute atomic E-state index is 12.6. The molecule has 1 aliphatic rings. The van der Waals surface area contributed by atoms with Gasteiger partial charge in [0.05, 0.1) is 5.56 Å². The van der Waals surface area contributed by atoms with Crippen molar-refractivity contribution >= 4 is 28.4 Å². The Morgan fingerprint density at radius 1 is 1.32 bits per heavy atom. The predicted molar refractivity (Wildman–Crippen MR) is 86.0 cm³/mol. The fourth-order valence-corrected chi connectivity index (χ4v) is 3.20. The van der Waals surface area contributed by atoms with Crippen LogP contribution in [0.15, 0.2) is 42.7 Å². The van der Waals surface area contributed by atoms with E-state index in [-0.39, 0.29) is 5.91 Å². The predicted octanol–water partition coefficient (Wildman–Crippen LogP) is 3.41. The van der Waals surface area contributed by atoms with Crippen LogP contribution in [0.5, 0.6) is 0 Å². The van der Waals surface area contributed by atoms with Crippen molar-refractivity contribution in [3.63, 3.8) is 0 Å². The second-order valence-electron chi connectivity index (χ2n) is 5.49. The van der Waals surface area contributed by atoms with E-state index >= 15 is 0 Å². The summed E-state index contributed by atoms with van der Waals surface area (Å²) in [7, 11) is 0. The first-order valence-electron chi connectivity index (χ1n) is 7.20. The molecule has 2 aromatic heterocycles. The number of hydrogen-bond acceptors (Lipinski definition) is 2. The number of fused-ring (bicyclic) bond motifs is 3. The van der Waals surface area contributed by atoms with Gasteiger partial charge in [0, 0.05) is 59.1 Å². The van der Waals surface area contributed by atoms with Crippen LogP contribution in [0.4, 0.5) is 0 Å². The zero-order valence-corrected chi connectivity index (χ0v) is 12.6. The molecule has 1 amide bonds. The lowest BCUT2D eigenvalue weighted by Gasteiger charge is -2.27. The molecule has 0 saturated carbocycles. The Kier molecular flexibility index (Phi) is 3.12. The number of benzene rings is 1. The molecule has 0 bridgehead atoms. The highest BCUT2D eigenvalue weighted by atomic mass is 35.5. The number of halogens is 1. The monoisotopic (exact) mass is 311 g/mol. The molecule has 1 aromatic carbocycles. The van der Waals surface area contributed by atoms with Gasteiger partial charge in [0.15, 0.2) is 0 Å². The van der Waals surface area contributed by atoms with E-state index in [1.54, 1.807) is 24.5 Å². The highest BCUT2D eigenvalue weighted by Crippen LogP contribution is 2.30. The molecule has 0 radical (unpaired) electrons. The standard InChI is InChI=1S/C17H14ClN3O/c18-12-3-4-15-13(8-12)14-10-21(7-5-16(14)20-15)17(22)11-2-1-6-19-9-11/h1-4,6,8-9,20H,5,7,10H2. The van der Waals surface area contributed by atoms with Crippen LogP contribution in [0.2, 0.25) is 5.02 Å². The summed E-state index contributed by atoms with van der Waals surface area (Å²) in [5.74, 6) is 0.0233. The lowest BCUT2D eigenvalue weighted by atomic mass is 10.0. The van der Waals surface area contributed by atoms with Gasteiger partial charge >= 0.3 is 0 Å². The number of rotatable bonds is 1. The number of aromatic amines is 1. The second kappa shape index (κ2) is 5.14. The van der Waals surface area contributed by atoms with E-state index < -0.39 is 0 Å². The minimum absolute atomic E-state index is 0.0233. The Morgan fingerprint density at radius 2 is 2.23 bits per heavy atom. The molecule has 5 heteroatoms.